The molecule has 1 saturated carbocycles. The van der Waals surface area contributed by atoms with Crippen molar-refractivity contribution in [3.8, 4) is 5.75 Å². The van der Waals surface area contributed by atoms with Crippen LogP contribution in [0.1, 0.15) is 36.5 Å². The molecule has 138 valence electrons. The highest BCUT2D eigenvalue weighted by atomic mass is 16.3. The van der Waals surface area contributed by atoms with Crippen LogP contribution in [0.25, 0.3) is 0 Å². The monoisotopic (exact) mass is 357 g/mol. The summed E-state index contributed by atoms with van der Waals surface area (Å²) in [5.74, 6) is -0.171. The summed E-state index contributed by atoms with van der Waals surface area (Å²) in [6.07, 6.45) is 3.13. The highest BCUT2D eigenvalue weighted by Crippen LogP contribution is 2.33. The lowest BCUT2D eigenvalue weighted by Crippen LogP contribution is -2.39. The van der Waals surface area contributed by atoms with Crippen LogP contribution in [0.3, 0.4) is 0 Å². The normalized spacial score (nSPS) is 19.5. The van der Waals surface area contributed by atoms with Crippen LogP contribution in [-0.4, -0.2) is 36.1 Å². The van der Waals surface area contributed by atoms with Crippen molar-refractivity contribution in [3.05, 3.63) is 44.2 Å². The first-order valence-corrected chi connectivity index (χ1v) is 8.71. The number of phenols is 1. The van der Waals surface area contributed by atoms with Gasteiger partial charge in [-0.3, -0.25) is 14.4 Å². The fraction of sp³-hybridized carbons (Fsp3) is 0.421. The van der Waals surface area contributed by atoms with Crippen LogP contribution in [0.5, 0.6) is 5.75 Å². The molecule has 26 heavy (non-hydrogen) atoms. The van der Waals surface area contributed by atoms with Gasteiger partial charge in [0.2, 0.25) is 0 Å². The predicted molar refractivity (Wildman–Crippen MR) is 101 cm³/mol. The van der Waals surface area contributed by atoms with Crippen LogP contribution in [0, 0.1) is 5.92 Å². The minimum absolute atomic E-state index is 0.123. The summed E-state index contributed by atoms with van der Waals surface area (Å²) in [6, 6.07) is 4.83. The van der Waals surface area contributed by atoms with Gasteiger partial charge >= 0.3 is 0 Å². The van der Waals surface area contributed by atoms with Crippen molar-refractivity contribution in [1.29, 1.82) is 0 Å². The van der Waals surface area contributed by atoms with Gasteiger partial charge in [-0.25, -0.2) is 0 Å². The summed E-state index contributed by atoms with van der Waals surface area (Å²) in [6.45, 7) is 2.12. The molecule has 7 nitrogen and oxygen atoms in total. The topological polar surface area (TPSA) is 98.7 Å². The molecular formula is C19H23N3O4. The Morgan fingerprint density at radius 1 is 1.15 bits per heavy atom. The molecule has 1 amide bonds. The molecule has 2 aromatic rings. The Bertz CT molecular complexity index is 912. The molecule has 0 saturated heterocycles. The molecule has 1 fully saturated rings. The van der Waals surface area contributed by atoms with E-state index in [0.29, 0.717) is 5.92 Å². The molecule has 0 heterocycles. The lowest BCUT2D eigenvalue weighted by Gasteiger charge is -2.22. The van der Waals surface area contributed by atoms with Gasteiger partial charge in [0, 0.05) is 20.1 Å². The molecule has 7 heteroatoms. The first-order valence-electron chi connectivity index (χ1n) is 8.71. The number of amides is 1. The summed E-state index contributed by atoms with van der Waals surface area (Å²) in [5.41, 5.74) is -0.435. The Balaban J connectivity index is 1.88. The third-order valence-corrected chi connectivity index (χ3v) is 5.03. The minimum atomic E-state index is -0.623. The second-order valence-corrected chi connectivity index (χ2v) is 7.09. The Hall–Kier alpha value is -2.83. The number of carbonyl (C=O) groups is 1. The Morgan fingerprint density at radius 3 is 2.46 bits per heavy atom. The second kappa shape index (κ2) is 6.82. The van der Waals surface area contributed by atoms with Gasteiger partial charge in [0.15, 0.2) is 5.75 Å². The lowest BCUT2D eigenvalue weighted by atomic mass is 10.0. The summed E-state index contributed by atoms with van der Waals surface area (Å²) >= 11 is 0. The molecule has 2 atom stereocenters. The largest absolute Gasteiger partial charge is 0.505 e. The van der Waals surface area contributed by atoms with E-state index in [2.05, 4.69) is 17.6 Å². The standard InChI is InChI=1S/C19H23N3O4/c1-10-6-4-8-12(10)20-14-15(18(25)17(14)24)21-13-9-5-7-11(16(13)23)19(26)22(2)3/h5,7,9-10,12,20-21,23H,4,6,8H2,1-3H3/t10-,12-/m1/s1. The highest BCUT2D eigenvalue weighted by Gasteiger charge is 2.29. The van der Waals surface area contributed by atoms with Gasteiger partial charge < -0.3 is 20.6 Å². The van der Waals surface area contributed by atoms with E-state index in [0.717, 1.165) is 19.3 Å². The SMILES string of the molecule is C[C@@H]1CCC[C@H]1Nc1c(Nc2cccc(C(=O)N(C)C)c2O)c(=O)c1=O. The summed E-state index contributed by atoms with van der Waals surface area (Å²) in [4.78, 5) is 37.5. The zero-order valence-corrected chi connectivity index (χ0v) is 15.1. The third-order valence-electron chi connectivity index (χ3n) is 5.03. The maximum absolute atomic E-state index is 12.1. The van der Waals surface area contributed by atoms with Gasteiger partial charge in [0.05, 0.1) is 11.3 Å². The van der Waals surface area contributed by atoms with Crippen LogP contribution in [-0.2, 0) is 0 Å². The maximum atomic E-state index is 12.1. The van der Waals surface area contributed by atoms with Crippen LogP contribution in [0.2, 0.25) is 0 Å². The number of nitrogens with one attached hydrogen (secondary N) is 2. The number of benzene rings is 1. The number of hydrogen-bond acceptors (Lipinski definition) is 6. The third kappa shape index (κ3) is 3.05. The Labute approximate surface area is 151 Å². The van der Waals surface area contributed by atoms with Gasteiger partial charge in [0.25, 0.3) is 16.8 Å². The molecule has 1 aliphatic rings. The summed E-state index contributed by atoms with van der Waals surface area (Å²) < 4.78 is 0. The van der Waals surface area contributed by atoms with Gasteiger partial charge in [-0.15, -0.1) is 0 Å². The fourth-order valence-electron chi connectivity index (χ4n) is 3.39. The van der Waals surface area contributed by atoms with Crippen molar-refractivity contribution in [2.24, 2.45) is 5.92 Å². The number of para-hydroxylation sites is 1. The Kier molecular flexibility index (Phi) is 4.71. The first kappa shape index (κ1) is 18.0. The summed E-state index contributed by atoms with van der Waals surface area (Å²) in [5, 5.41) is 16.4. The van der Waals surface area contributed by atoms with E-state index in [1.807, 2.05) is 0 Å². The van der Waals surface area contributed by atoms with E-state index >= 15 is 0 Å². The van der Waals surface area contributed by atoms with E-state index in [1.54, 1.807) is 26.2 Å². The fourth-order valence-corrected chi connectivity index (χ4v) is 3.39. The van der Waals surface area contributed by atoms with Crippen molar-refractivity contribution < 1.29 is 9.90 Å². The van der Waals surface area contributed by atoms with Crippen molar-refractivity contribution >= 4 is 23.0 Å². The van der Waals surface area contributed by atoms with Crippen LogP contribution >= 0.6 is 0 Å². The van der Waals surface area contributed by atoms with Crippen LogP contribution in [0.15, 0.2) is 27.8 Å². The Morgan fingerprint density at radius 2 is 1.85 bits per heavy atom. The lowest BCUT2D eigenvalue weighted by molar-refractivity contribution is 0.0824. The zero-order valence-electron chi connectivity index (χ0n) is 15.1. The first-order chi connectivity index (χ1) is 12.3. The molecule has 0 aromatic heterocycles. The molecule has 3 rings (SSSR count). The van der Waals surface area contributed by atoms with Crippen LogP contribution < -0.4 is 21.5 Å². The van der Waals surface area contributed by atoms with Gasteiger partial charge in [-0.05, 0) is 30.9 Å². The number of nitrogens with zero attached hydrogens (tertiary/aromatic N) is 1. The van der Waals surface area contributed by atoms with Crippen molar-refractivity contribution in [2.75, 3.05) is 24.7 Å². The van der Waals surface area contributed by atoms with Gasteiger partial charge in [-0.1, -0.05) is 19.4 Å². The average molecular weight is 357 g/mol. The van der Waals surface area contributed by atoms with E-state index < -0.39 is 10.9 Å². The number of aromatic hydroxyl groups is 1. The molecule has 0 radical (unpaired) electrons. The van der Waals surface area contributed by atoms with E-state index in [9.17, 15) is 19.5 Å². The molecule has 2 aromatic carbocycles. The number of phenolic OH excluding ortho intramolecular Hbond substituents is 1. The van der Waals surface area contributed by atoms with Gasteiger partial charge in [0.1, 0.15) is 11.4 Å². The number of carbonyl (C=O) groups excluding carboxylic acids is 1. The number of hydrogen-bond donors (Lipinski definition) is 3. The van der Waals surface area contributed by atoms with Gasteiger partial charge in [-0.2, -0.15) is 0 Å². The molecule has 0 bridgehead atoms. The number of anilines is 3. The molecule has 0 unspecified atom stereocenters. The molecule has 1 aliphatic carbocycles. The average Bonchev–Trinajstić information content (AvgIpc) is 3.03. The van der Waals surface area contributed by atoms with Crippen LogP contribution in [0.4, 0.5) is 17.1 Å². The quantitative estimate of drug-likeness (QED) is 0.559. The molecule has 0 aliphatic heterocycles. The van der Waals surface area contributed by atoms with E-state index in [-0.39, 0.29) is 40.3 Å². The molecule has 0 spiro atoms. The summed E-state index contributed by atoms with van der Waals surface area (Å²) in [7, 11) is 3.17. The maximum Gasteiger partial charge on any atom is 0.257 e. The second-order valence-electron chi connectivity index (χ2n) is 7.09. The molecule has 3 N–H and O–H groups in total. The van der Waals surface area contributed by atoms with Crippen molar-refractivity contribution in [1.82, 2.24) is 4.90 Å². The van der Waals surface area contributed by atoms with E-state index in [1.165, 1.54) is 11.0 Å². The predicted octanol–water partition coefficient (Wildman–Crippen LogP) is 2.03. The van der Waals surface area contributed by atoms with E-state index in [4.69, 9.17) is 0 Å². The minimum Gasteiger partial charge on any atom is -0.505 e. The number of rotatable bonds is 5. The zero-order chi connectivity index (χ0) is 19.0. The molecular weight excluding hydrogens is 334 g/mol. The van der Waals surface area contributed by atoms with Crippen molar-refractivity contribution in [2.45, 2.75) is 32.2 Å². The smallest absolute Gasteiger partial charge is 0.257 e. The van der Waals surface area contributed by atoms with Crippen molar-refractivity contribution in [3.63, 3.8) is 0 Å². The highest BCUT2D eigenvalue weighted by molar-refractivity contribution is 5.99.